The number of hydrogen-bond donors (Lipinski definition) is 1. The molecule has 0 radical (unpaired) electrons. The maximum absolute atomic E-state index is 10.2. The fourth-order valence-corrected chi connectivity index (χ4v) is 0.518. The summed E-state index contributed by atoms with van der Waals surface area (Å²) in [6.45, 7) is 6.90. The minimum Gasteiger partial charge on any atom is -0.399 e. The van der Waals surface area contributed by atoms with Crippen LogP contribution in [0, 0.1) is 0 Å². The van der Waals surface area contributed by atoms with Crippen LogP contribution in [-0.4, -0.2) is 6.29 Å². The number of aldehydes is 1. The summed E-state index contributed by atoms with van der Waals surface area (Å²) in [6, 6.07) is 0. The molecule has 0 aromatic heterocycles. The normalized spacial score (nSPS) is 12.4. The zero-order valence-corrected chi connectivity index (χ0v) is 6.29. The van der Waals surface area contributed by atoms with Gasteiger partial charge in [0, 0.05) is 11.3 Å². The summed E-state index contributed by atoms with van der Waals surface area (Å²) in [6.07, 6.45) is 6.82. The predicted molar refractivity (Wildman–Crippen MR) is 46.8 cm³/mol. The van der Waals surface area contributed by atoms with Crippen molar-refractivity contribution in [3.63, 3.8) is 0 Å². The standard InChI is InChI=1S/C9H11NO/c1-3-5-9(10)6-8(4-2)7-11/h3-7H,1-2,10H2/b8-6+,9-5+. The lowest BCUT2D eigenvalue weighted by Crippen LogP contribution is -1.93. The first-order valence-corrected chi connectivity index (χ1v) is 3.12. The molecule has 2 nitrogen and oxygen atoms in total. The summed E-state index contributed by atoms with van der Waals surface area (Å²) in [7, 11) is 0. The van der Waals surface area contributed by atoms with E-state index >= 15 is 0 Å². The Balaban J connectivity index is 4.49. The van der Waals surface area contributed by atoms with Crippen molar-refractivity contribution in [2.75, 3.05) is 0 Å². The molecule has 0 fully saturated rings. The van der Waals surface area contributed by atoms with Crippen molar-refractivity contribution in [2.45, 2.75) is 0 Å². The molecule has 0 aliphatic heterocycles. The molecule has 0 amide bonds. The van der Waals surface area contributed by atoms with Gasteiger partial charge in [-0.05, 0) is 12.2 Å². The van der Waals surface area contributed by atoms with Crippen molar-refractivity contribution in [3.05, 3.63) is 48.7 Å². The van der Waals surface area contributed by atoms with Crippen LogP contribution in [0.15, 0.2) is 48.7 Å². The van der Waals surface area contributed by atoms with Gasteiger partial charge in [-0.25, -0.2) is 0 Å². The van der Waals surface area contributed by atoms with Crippen LogP contribution < -0.4 is 5.73 Å². The molecular weight excluding hydrogens is 138 g/mol. The van der Waals surface area contributed by atoms with E-state index in [-0.39, 0.29) is 0 Å². The highest BCUT2D eigenvalue weighted by atomic mass is 16.1. The maximum Gasteiger partial charge on any atom is 0.150 e. The van der Waals surface area contributed by atoms with Gasteiger partial charge in [0.05, 0.1) is 0 Å². The van der Waals surface area contributed by atoms with Crippen molar-refractivity contribution >= 4 is 6.29 Å². The van der Waals surface area contributed by atoms with Gasteiger partial charge in [0.25, 0.3) is 0 Å². The number of carbonyl (C=O) groups is 1. The quantitative estimate of drug-likeness (QED) is 0.372. The zero-order valence-electron chi connectivity index (χ0n) is 6.29. The van der Waals surface area contributed by atoms with Gasteiger partial charge in [-0.15, -0.1) is 0 Å². The summed E-state index contributed by atoms with van der Waals surface area (Å²) in [4.78, 5) is 10.2. The molecule has 0 rings (SSSR count). The van der Waals surface area contributed by atoms with Crippen molar-refractivity contribution in [2.24, 2.45) is 5.73 Å². The van der Waals surface area contributed by atoms with E-state index in [9.17, 15) is 4.79 Å². The lowest BCUT2D eigenvalue weighted by molar-refractivity contribution is -0.104. The molecule has 0 bridgehead atoms. The minimum absolute atomic E-state index is 0.459. The van der Waals surface area contributed by atoms with Gasteiger partial charge in [-0.3, -0.25) is 4.79 Å². The van der Waals surface area contributed by atoms with Crippen LogP contribution in [0.3, 0.4) is 0 Å². The molecule has 0 aromatic rings. The Labute approximate surface area is 66.4 Å². The molecule has 0 heterocycles. The first-order valence-electron chi connectivity index (χ1n) is 3.12. The Morgan fingerprint density at radius 1 is 1.36 bits per heavy atom. The third-order valence-electron chi connectivity index (χ3n) is 1.02. The molecule has 58 valence electrons. The lowest BCUT2D eigenvalue weighted by Gasteiger charge is -1.90. The number of rotatable bonds is 4. The Morgan fingerprint density at radius 3 is 2.36 bits per heavy atom. The smallest absolute Gasteiger partial charge is 0.150 e. The maximum atomic E-state index is 10.2. The van der Waals surface area contributed by atoms with Crippen LogP contribution in [0.2, 0.25) is 0 Å². The molecule has 2 heteroatoms. The highest BCUT2D eigenvalue weighted by molar-refractivity contribution is 5.78. The second-order valence-corrected chi connectivity index (χ2v) is 1.87. The summed E-state index contributed by atoms with van der Waals surface area (Å²) < 4.78 is 0. The van der Waals surface area contributed by atoms with E-state index in [0.717, 1.165) is 0 Å². The van der Waals surface area contributed by atoms with E-state index in [1.807, 2.05) is 0 Å². The summed E-state index contributed by atoms with van der Waals surface area (Å²) in [5.41, 5.74) is 6.39. The molecule has 0 unspecified atom stereocenters. The molecule has 0 atom stereocenters. The van der Waals surface area contributed by atoms with Gasteiger partial charge in [-0.1, -0.05) is 25.3 Å². The monoisotopic (exact) mass is 149 g/mol. The van der Waals surface area contributed by atoms with Gasteiger partial charge in [0.2, 0.25) is 0 Å². The first kappa shape index (κ1) is 9.43. The molecule has 0 saturated heterocycles. The van der Waals surface area contributed by atoms with Crippen LogP contribution in [0.1, 0.15) is 0 Å². The fraction of sp³-hybridized carbons (Fsp3) is 0. The third kappa shape index (κ3) is 3.92. The second kappa shape index (κ2) is 5.23. The van der Waals surface area contributed by atoms with Gasteiger partial charge in [-0.2, -0.15) is 0 Å². The zero-order chi connectivity index (χ0) is 8.69. The lowest BCUT2D eigenvalue weighted by atomic mass is 10.2. The van der Waals surface area contributed by atoms with Gasteiger partial charge in [0.1, 0.15) is 6.29 Å². The molecule has 0 aliphatic carbocycles. The molecular formula is C9H11NO. The van der Waals surface area contributed by atoms with Gasteiger partial charge < -0.3 is 5.73 Å². The molecule has 0 spiro atoms. The topological polar surface area (TPSA) is 43.1 Å². The number of hydrogen-bond acceptors (Lipinski definition) is 2. The average molecular weight is 149 g/mol. The van der Waals surface area contributed by atoms with E-state index in [4.69, 9.17) is 5.73 Å². The number of nitrogens with two attached hydrogens (primary N) is 1. The van der Waals surface area contributed by atoms with Gasteiger partial charge >= 0.3 is 0 Å². The highest BCUT2D eigenvalue weighted by Crippen LogP contribution is 1.95. The van der Waals surface area contributed by atoms with Crippen LogP contribution in [-0.2, 0) is 4.79 Å². The van der Waals surface area contributed by atoms with E-state index < -0.39 is 0 Å². The summed E-state index contributed by atoms with van der Waals surface area (Å²) in [5.74, 6) is 0. The van der Waals surface area contributed by atoms with Crippen molar-refractivity contribution in [1.29, 1.82) is 0 Å². The predicted octanol–water partition coefficient (Wildman–Crippen LogP) is 1.33. The fourth-order valence-electron chi connectivity index (χ4n) is 0.518. The third-order valence-corrected chi connectivity index (χ3v) is 1.02. The summed E-state index contributed by atoms with van der Waals surface area (Å²) in [5, 5.41) is 0. The SMILES string of the molecule is C=C/C=C(N)\C=C(/C=C)C=O. The van der Waals surface area contributed by atoms with E-state index in [0.29, 0.717) is 17.6 Å². The van der Waals surface area contributed by atoms with Crippen molar-refractivity contribution in [3.8, 4) is 0 Å². The Kier molecular flexibility index (Phi) is 4.49. The first-order chi connectivity index (χ1) is 5.24. The van der Waals surface area contributed by atoms with Crippen LogP contribution in [0.4, 0.5) is 0 Å². The average Bonchev–Trinajstić information content (AvgIpc) is 2.01. The molecule has 11 heavy (non-hydrogen) atoms. The van der Waals surface area contributed by atoms with Crippen LogP contribution >= 0.6 is 0 Å². The van der Waals surface area contributed by atoms with Gasteiger partial charge in [0.15, 0.2) is 0 Å². The second-order valence-electron chi connectivity index (χ2n) is 1.87. The molecule has 0 saturated carbocycles. The molecule has 0 aromatic carbocycles. The van der Waals surface area contributed by atoms with Crippen molar-refractivity contribution < 1.29 is 4.79 Å². The minimum atomic E-state index is 0.459. The van der Waals surface area contributed by atoms with E-state index in [1.165, 1.54) is 12.2 Å². The highest BCUT2D eigenvalue weighted by Gasteiger charge is 1.86. The molecule has 0 aliphatic rings. The Morgan fingerprint density at radius 2 is 2.00 bits per heavy atom. The summed E-state index contributed by atoms with van der Waals surface area (Å²) >= 11 is 0. The Bertz CT molecular complexity index is 214. The molecule has 2 N–H and O–H groups in total. The van der Waals surface area contributed by atoms with E-state index in [1.54, 1.807) is 12.2 Å². The van der Waals surface area contributed by atoms with Crippen LogP contribution in [0.25, 0.3) is 0 Å². The van der Waals surface area contributed by atoms with Crippen LogP contribution in [0.5, 0.6) is 0 Å². The van der Waals surface area contributed by atoms with E-state index in [2.05, 4.69) is 13.2 Å². The van der Waals surface area contributed by atoms with Crippen molar-refractivity contribution in [1.82, 2.24) is 0 Å². The number of allylic oxidation sites excluding steroid dienone is 5. The Hall–Kier alpha value is -1.57. The number of carbonyl (C=O) groups excluding carboxylic acids is 1. The largest absolute Gasteiger partial charge is 0.399 e.